The van der Waals surface area contributed by atoms with Gasteiger partial charge in [-0.2, -0.15) is 9.97 Å². The summed E-state index contributed by atoms with van der Waals surface area (Å²) in [7, 11) is 3.71. The van der Waals surface area contributed by atoms with Crippen molar-refractivity contribution >= 4 is 17.0 Å². The molecule has 0 radical (unpaired) electrons. The van der Waals surface area contributed by atoms with Gasteiger partial charge in [0.15, 0.2) is 11.5 Å². The molecular formula is C21H30N6O3. The van der Waals surface area contributed by atoms with Gasteiger partial charge in [0.2, 0.25) is 0 Å². The molecule has 9 nitrogen and oxygen atoms in total. The number of anilines is 1. The van der Waals surface area contributed by atoms with Gasteiger partial charge in [-0.15, -0.1) is 0 Å². The predicted molar refractivity (Wildman–Crippen MR) is 117 cm³/mol. The second kappa shape index (κ2) is 10.2. The number of unbranched alkanes of at least 4 members (excludes halogenated alkanes) is 1. The molecule has 0 spiro atoms. The summed E-state index contributed by atoms with van der Waals surface area (Å²) in [5.74, 6) is 0.175. The molecule has 2 aromatic heterocycles. The van der Waals surface area contributed by atoms with Gasteiger partial charge in [-0.05, 0) is 31.1 Å². The van der Waals surface area contributed by atoms with Crippen molar-refractivity contribution < 1.29 is 9.47 Å². The van der Waals surface area contributed by atoms with E-state index in [0.29, 0.717) is 30.9 Å². The van der Waals surface area contributed by atoms with E-state index in [0.717, 1.165) is 18.7 Å². The minimum atomic E-state index is -0.289. The number of methoxy groups -OCH3 is 1. The van der Waals surface area contributed by atoms with Crippen molar-refractivity contribution in [2.75, 3.05) is 39.6 Å². The molecule has 3 rings (SSSR count). The van der Waals surface area contributed by atoms with Gasteiger partial charge in [0.25, 0.3) is 0 Å². The molecule has 30 heavy (non-hydrogen) atoms. The van der Waals surface area contributed by atoms with Crippen LogP contribution in [0.3, 0.4) is 0 Å². The Bertz CT molecular complexity index is 1010. The zero-order valence-electron chi connectivity index (χ0n) is 17.9. The standard InChI is InChI=1S/C21H30N6O3/c1-4-5-10-26(2)13-15-6-8-16(9-7-15)14-27-19-17(23-21(27)28)18(22)24-20(25-19)30-12-11-29-3/h6-9H,4-5,10-14H2,1-3H3,(H,23,28)(H2,22,24,25). The number of ether oxygens (including phenoxy) is 2. The Hall–Kier alpha value is -2.91. The number of H-pyrrole nitrogens is 1. The molecule has 2 heterocycles. The van der Waals surface area contributed by atoms with Crippen molar-refractivity contribution in [3.8, 4) is 6.01 Å². The largest absolute Gasteiger partial charge is 0.461 e. The monoisotopic (exact) mass is 414 g/mol. The van der Waals surface area contributed by atoms with E-state index in [2.05, 4.69) is 46.0 Å². The van der Waals surface area contributed by atoms with E-state index in [1.165, 1.54) is 18.4 Å². The highest BCUT2D eigenvalue weighted by molar-refractivity contribution is 5.81. The van der Waals surface area contributed by atoms with Gasteiger partial charge in [0.05, 0.1) is 13.2 Å². The molecule has 0 aliphatic rings. The van der Waals surface area contributed by atoms with Crippen LogP contribution in [0, 0.1) is 0 Å². The Morgan fingerprint density at radius 2 is 1.90 bits per heavy atom. The first-order valence-electron chi connectivity index (χ1n) is 10.2. The molecule has 0 saturated heterocycles. The summed E-state index contributed by atoms with van der Waals surface area (Å²) in [6, 6.07) is 8.39. The smallest absolute Gasteiger partial charge is 0.328 e. The van der Waals surface area contributed by atoms with Crippen LogP contribution in [0.2, 0.25) is 0 Å². The van der Waals surface area contributed by atoms with E-state index in [4.69, 9.17) is 15.2 Å². The van der Waals surface area contributed by atoms with Crippen LogP contribution in [0.5, 0.6) is 6.01 Å². The molecule has 0 atom stereocenters. The van der Waals surface area contributed by atoms with Crippen LogP contribution in [0.1, 0.15) is 30.9 Å². The van der Waals surface area contributed by atoms with Gasteiger partial charge in [-0.3, -0.25) is 4.57 Å². The fourth-order valence-electron chi connectivity index (χ4n) is 3.21. The van der Waals surface area contributed by atoms with E-state index < -0.39 is 0 Å². The summed E-state index contributed by atoms with van der Waals surface area (Å²) in [4.78, 5) is 26.0. The summed E-state index contributed by atoms with van der Waals surface area (Å²) in [6.45, 7) is 5.25. The van der Waals surface area contributed by atoms with Gasteiger partial charge in [-0.25, -0.2) is 4.79 Å². The van der Waals surface area contributed by atoms with Crippen LogP contribution in [0.15, 0.2) is 29.1 Å². The lowest BCUT2D eigenvalue weighted by Crippen LogP contribution is -2.19. The number of nitrogens with two attached hydrogens (primary N) is 1. The highest BCUT2D eigenvalue weighted by Crippen LogP contribution is 2.18. The third-order valence-electron chi connectivity index (χ3n) is 4.86. The van der Waals surface area contributed by atoms with E-state index in [-0.39, 0.29) is 17.5 Å². The average molecular weight is 415 g/mol. The quantitative estimate of drug-likeness (QED) is 0.462. The minimum absolute atomic E-state index is 0.121. The van der Waals surface area contributed by atoms with E-state index in [1.54, 1.807) is 11.7 Å². The number of aromatic amines is 1. The number of rotatable bonds is 11. The molecule has 162 valence electrons. The van der Waals surface area contributed by atoms with E-state index in [9.17, 15) is 4.79 Å². The molecule has 9 heteroatoms. The molecule has 0 aliphatic heterocycles. The topological polar surface area (TPSA) is 111 Å². The normalized spacial score (nSPS) is 11.5. The van der Waals surface area contributed by atoms with Crippen molar-refractivity contribution in [3.63, 3.8) is 0 Å². The van der Waals surface area contributed by atoms with Gasteiger partial charge >= 0.3 is 11.7 Å². The fraction of sp³-hybridized carbons (Fsp3) is 0.476. The zero-order valence-corrected chi connectivity index (χ0v) is 17.9. The van der Waals surface area contributed by atoms with Crippen LogP contribution in [0.4, 0.5) is 5.82 Å². The molecule has 0 amide bonds. The van der Waals surface area contributed by atoms with Gasteiger partial charge in [0, 0.05) is 13.7 Å². The first-order chi connectivity index (χ1) is 14.5. The SMILES string of the molecule is CCCCN(C)Cc1ccc(Cn2c(=O)[nH]c3c(N)nc(OCCOC)nc32)cc1. The molecular weight excluding hydrogens is 384 g/mol. The second-order valence-electron chi connectivity index (χ2n) is 7.36. The molecule has 3 N–H and O–H groups in total. The van der Waals surface area contributed by atoms with Crippen molar-refractivity contribution in [1.29, 1.82) is 0 Å². The first kappa shape index (κ1) is 21.8. The maximum Gasteiger partial charge on any atom is 0.328 e. The molecule has 3 aromatic rings. The van der Waals surface area contributed by atoms with Crippen molar-refractivity contribution in [3.05, 3.63) is 45.9 Å². The van der Waals surface area contributed by atoms with Crippen molar-refractivity contribution in [2.45, 2.75) is 32.9 Å². The number of nitrogens with zero attached hydrogens (tertiary/aromatic N) is 4. The van der Waals surface area contributed by atoms with Crippen molar-refractivity contribution in [2.24, 2.45) is 0 Å². The van der Waals surface area contributed by atoms with E-state index >= 15 is 0 Å². The van der Waals surface area contributed by atoms with Crippen LogP contribution < -0.4 is 16.2 Å². The third kappa shape index (κ3) is 5.37. The number of hydrogen-bond donors (Lipinski definition) is 2. The minimum Gasteiger partial charge on any atom is -0.461 e. The number of aromatic nitrogens is 4. The Labute approximate surface area is 175 Å². The lowest BCUT2D eigenvalue weighted by atomic mass is 10.1. The summed E-state index contributed by atoms with van der Waals surface area (Å²) >= 11 is 0. The van der Waals surface area contributed by atoms with Crippen LogP contribution in [-0.4, -0.2) is 58.3 Å². The summed E-state index contributed by atoms with van der Waals surface area (Å²) in [5, 5.41) is 0. The molecule has 0 aliphatic carbocycles. The fourth-order valence-corrected chi connectivity index (χ4v) is 3.21. The lowest BCUT2D eigenvalue weighted by Gasteiger charge is -2.16. The van der Waals surface area contributed by atoms with Gasteiger partial charge in [-0.1, -0.05) is 37.6 Å². The Morgan fingerprint density at radius 1 is 1.17 bits per heavy atom. The van der Waals surface area contributed by atoms with Gasteiger partial charge in [0.1, 0.15) is 12.1 Å². The highest BCUT2D eigenvalue weighted by Gasteiger charge is 2.15. The number of imidazole rings is 1. The molecule has 0 saturated carbocycles. The number of nitrogen functional groups attached to an aromatic ring is 1. The predicted octanol–water partition coefficient (Wildman–Crippen LogP) is 2.01. The van der Waals surface area contributed by atoms with Crippen LogP contribution in [-0.2, 0) is 17.8 Å². The highest BCUT2D eigenvalue weighted by atomic mass is 16.5. The Morgan fingerprint density at radius 3 is 2.60 bits per heavy atom. The summed E-state index contributed by atoms with van der Waals surface area (Å²) < 4.78 is 12.0. The first-order valence-corrected chi connectivity index (χ1v) is 10.2. The average Bonchev–Trinajstić information content (AvgIpc) is 3.04. The Balaban J connectivity index is 1.77. The maximum atomic E-state index is 12.5. The van der Waals surface area contributed by atoms with Crippen LogP contribution in [0.25, 0.3) is 11.2 Å². The van der Waals surface area contributed by atoms with Crippen molar-refractivity contribution in [1.82, 2.24) is 24.4 Å². The third-order valence-corrected chi connectivity index (χ3v) is 4.86. The number of benzene rings is 1. The molecule has 0 unspecified atom stereocenters. The van der Waals surface area contributed by atoms with E-state index in [1.807, 2.05) is 12.1 Å². The summed E-state index contributed by atoms with van der Waals surface area (Å²) in [6.07, 6.45) is 2.38. The Kier molecular flexibility index (Phi) is 7.42. The second-order valence-corrected chi connectivity index (χ2v) is 7.36. The van der Waals surface area contributed by atoms with Gasteiger partial charge < -0.3 is 25.1 Å². The number of hydrogen-bond acceptors (Lipinski definition) is 7. The van der Waals surface area contributed by atoms with Crippen LogP contribution >= 0.6 is 0 Å². The zero-order chi connectivity index (χ0) is 21.5. The molecule has 0 fully saturated rings. The number of nitrogens with one attached hydrogen (secondary N) is 1. The molecule has 0 bridgehead atoms. The summed E-state index contributed by atoms with van der Waals surface area (Å²) in [5.41, 5.74) is 8.77. The lowest BCUT2D eigenvalue weighted by molar-refractivity contribution is 0.141. The molecule has 1 aromatic carbocycles. The number of fused-ring (bicyclic) bond motifs is 1. The maximum absolute atomic E-state index is 12.5.